The number of carbonyl (C=O) groups excluding carboxylic acids is 1. The van der Waals surface area contributed by atoms with Gasteiger partial charge in [0.05, 0.1) is 22.5 Å². The van der Waals surface area contributed by atoms with Crippen LogP contribution >= 0.6 is 11.6 Å². The quantitative estimate of drug-likeness (QED) is 0.671. The van der Waals surface area contributed by atoms with E-state index in [9.17, 15) is 14.0 Å². The molecule has 0 N–H and O–H groups in total. The van der Waals surface area contributed by atoms with E-state index < -0.39 is 11.8 Å². The minimum atomic E-state index is -0.517. The van der Waals surface area contributed by atoms with Crippen LogP contribution in [0.2, 0.25) is 5.02 Å². The third-order valence-corrected chi connectivity index (χ3v) is 4.10. The van der Waals surface area contributed by atoms with Gasteiger partial charge < -0.3 is 4.74 Å². The highest BCUT2D eigenvalue weighted by atomic mass is 35.5. The molecule has 128 valence electrons. The highest BCUT2D eigenvalue weighted by Crippen LogP contribution is 2.19. The first kappa shape index (κ1) is 17.1. The first-order chi connectivity index (χ1) is 12.0. The Morgan fingerprint density at radius 3 is 2.68 bits per heavy atom. The summed E-state index contributed by atoms with van der Waals surface area (Å²) < 4.78 is 19.4. The van der Waals surface area contributed by atoms with Crippen LogP contribution in [0, 0.1) is 5.82 Å². The van der Waals surface area contributed by atoms with E-state index in [0.29, 0.717) is 22.0 Å². The molecule has 0 bridgehead atoms. The zero-order chi connectivity index (χ0) is 18.0. The van der Waals surface area contributed by atoms with Gasteiger partial charge >= 0.3 is 5.97 Å². The molecule has 7 heteroatoms. The van der Waals surface area contributed by atoms with Crippen LogP contribution in [0.1, 0.15) is 11.3 Å². The van der Waals surface area contributed by atoms with Crippen molar-refractivity contribution in [1.29, 1.82) is 0 Å². The molecule has 25 heavy (non-hydrogen) atoms. The Bertz CT molecular complexity index is 1020. The van der Waals surface area contributed by atoms with Gasteiger partial charge in [0, 0.05) is 18.0 Å². The maximum atomic E-state index is 13.0. The van der Waals surface area contributed by atoms with Crippen molar-refractivity contribution in [2.45, 2.75) is 13.0 Å². The average molecular weight is 361 g/mol. The van der Waals surface area contributed by atoms with E-state index in [-0.39, 0.29) is 23.6 Å². The van der Waals surface area contributed by atoms with Gasteiger partial charge in [0.15, 0.2) is 0 Å². The normalized spacial score (nSPS) is 10.8. The van der Waals surface area contributed by atoms with E-state index in [4.69, 9.17) is 16.3 Å². The summed E-state index contributed by atoms with van der Waals surface area (Å²) in [7, 11) is 1.53. The number of hydrogen-bond donors (Lipinski definition) is 0. The van der Waals surface area contributed by atoms with Gasteiger partial charge in [-0.2, -0.15) is 5.10 Å². The third kappa shape index (κ3) is 3.69. The molecule has 0 spiro atoms. The molecule has 0 fully saturated rings. The number of halogens is 2. The van der Waals surface area contributed by atoms with Crippen LogP contribution in [0.3, 0.4) is 0 Å². The molecule has 0 radical (unpaired) electrons. The molecule has 0 amide bonds. The van der Waals surface area contributed by atoms with Gasteiger partial charge in [0.2, 0.25) is 0 Å². The lowest BCUT2D eigenvalue weighted by molar-refractivity contribution is -0.144. The molecule has 1 aromatic heterocycles. The molecule has 3 aromatic rings. The topological polar surface area (TPSA) is 61.2 Å². The second kappa shape index (κ2) is 7.03. The van der Waals surface area contributed by atoms with E-state index in [1.54, 1.807) is 24.3 Å². The fourth-order valence-electron chi connectivity index (χ4n) is 2.49. The Morgan fingerprint density at radius 1 is 1.24 bits per heavy atom. The van der Waals surface area contributed by atoms with Crippen molar-refractivity contribution >= 4 is 28.3 Å². The molecule has 0 aliphatic carbocycles. The Morgan fingerprint density at radius 2 is 1.96 bits per heavy atom. The number of benzene rings is 2. The van der Waals surface area contributed by atoms with Crippen LogP contribution in [0.4, 0.5) is 4.39 Å². The first-order valence-electron chi connectivity index (χ1n) is 7.50. The van der Waals surface area contributed by atoms with Crippen molar-refractivity contribution in [3.63, 3.8) is 0 Å². The number of carbonyl (C=O) groups is 1. The van der Waals surface area contributed by atoms with E-state index in [2.05, 4.69) is 5.10 Å². The molecular formula is C18H14ClFN2O3. The minimum Gasteiger partial charge on any atom is -0.460 e. The fraction of sp³-hybridized carbons (Fsp3) is 0.167. The molecule has 3 rings (SSSR count). The molecule has 0 atom stereocenters. The van der Waals surface area contributed by atoms with E-state index >= 15 is 0 Å². The number of hydrogen-bond acceptors (Lipinski definition) is 4. The van der Waals surface area contributed by atoms with Crippen molar-refractivity contribution in [1.82, 2.24) is 9.78 Å². The summed E-state index contributed by atoms with van der Waals surface area (Å²) in [5.74, 6) is -0.974. The van der Waals surface area contributed by atoms with Gasteiger partial charge in [-0.15, -0.1) is 0 Å². The summed E-state index contributed by atoms with van der Waals surface area (Å²) in [4.78, 5) is 24.2. The lowest BCUT2D eigenvalue weighted by Gasteiger charge is -2.09. The van der Waals surface area contributed by atoms with Crippen LogP contribution < -0.4 is 5.56 Å². The van der Waals surface area contributed by atoms with E-state index in [0.717, 1.165) is 6.07 Å². The van der Waals surface area contributed by atoms with Crippen LogP contribution in [-0.4, -0.2) is 15.7 Å². The van der Waals surface area contributed by atoms with Crippen molar-refractivity contribution in [3.8, 4) is 0 Å². The van der Waals surface area contributed by atoms with Gasteiger partial charge in [0.1, 0.15) is 12.4 Å². The maximum absolute atomic E-state index is 13.0. The largest absolute Gasteiger partial charge is 0.460 e. The molecule has 0 saturated heterocycles. The standard InChI is InChI=1S/C18H14ClFN2O3/c1-22-18(24)14-5-3-2-4-13(14)16(21-22)9-17(23)25-10-11-6-7-12(20)8-15(11)19/h2-8H,9-10H2,1H3. The second-order valence-electron chi connectivity index (χ2n) is 5.49. The molecule has 0 saturated carbocycles. The Balaban J connectivity index is 1.78. The maximum Gasteiger partial charge on any atom is 0.312 e. The lowest BCUT2D eigenvalue weighted by atomic mass is 10.1. The van der Waals surface area contributed by atoms with Crippen LogP contribution in [-0.2, 0) is 29.6 Å². The number of rotatable bonds is 4. The predicted octanol–water partition coefficient (Wildman–Crippen LogP) is 3.01. The van der Waals surface area contributed by atoms with Gasteiger partial charge in [0.25, 0.3) is 5.56 Å². The van der Waals surface area contributed by atoms with Crippen LogP contribution in [0.25, 0.3) is 10.8 Å². The van der Waals surface area contributed by atoms with Crippen LogP contribution in [0.15, 0.2) is 47.3 Å². The van der Waals surface area contributed by atoms with E-state index in [1.165, 1.54) is 23.9 Å². The highest BCUT2D eigenvalue weighted by molar-refractivity contribution is 6.31. The number of aryl methyl sites for hydroxylation is 1. The summed E-state index contributed by atoms with van der Waals surface area (Å²) in [5.41, 5.74) is 0.730. The molecule has 2 aromatic carbocycles. The molecule has 5 nitrogen and oxygen atoms in total. The predicted molar refractivity (Wildman–Crippen MR) is 91.9 cm³/mol. The zero-order valence-corrected chi connectivity index (χ0v) is 14.1. The van der Waals surface area contributed by atoms with Crippen molar-refractivity contribution in [2.24, 2.45) is 7.05 Å². The Labute approximate surface area is 147 Å². The van der Waals surface area contributed by atoms with Gasteiger partial charge in [-0.25, -0.2) is 9.07 Å². The summed E-state index contributed by atoms with van der Waals surface area (Å²) in [6.07, 6.45) is -0.0898. The summed E-state index contributed by atoms with van der Waals surface area (Å²) in [6.45, 7) is -0.0678. The van der Waals surface area contributed by atoms with Gasteiger partial charge in [-0.05, 0) is 18.2 Å². The van der Waals surface area contributed by atoms with Gasteiger partial charge in [-0.3, -0.25) is 9.59 Å². The van der Waals surface area contributed by atoms with Crippen molar-refractivity contribution in [3.05, 3.63) is 74.9 Å². The highest BCUT2D eigenvalue weighted by Gasteiger charge is 2.14. The number of esters is 1. The fourth-order valence-corrected chi connectivity index (χ4v) is 2.71. The van der Waals surface area contributed by atoms with Gasteiger partial charge in [-0.1, -0.05) is 35.9 Å². The van der Waals surface area contributed by atoms with Crippen molar-refractivity contribution in [2.75, 3.05) is 0 Å². The number of nitrogens with zero attached hydrogens (tertiary/aromatic N) is 2. The molecule has 1 heterocycles. The van der Waals surface area contributed by atoms with E-state index in [1.807, 2.05) is 0 Å². The van der Waals surface area contributed by atoms with Crippen molar-refractivity contribution < 1.29 is 13.9 Å². The smallest absolute Gasteiger partial charge is 0.312 e. The first-order valence-corrected chi connectivity index (χ1v) is 7.88. The Kier molecular flexibility index (Phi) is 4.81. The summed E-state index contributed by atoms with van der Waals surface area (Å²) in [6, 6.07) is 10.8. The number of fused-ring (bicyclic) bond motifs is 1. The third-order valence-electron chi connectivity index (χ3n) is 3.75. The molecule has 0 aliphatic rings. The zero-order valence-electron chi connectivity index (χ0n) is 13.3. The minimum absolute atomic E-state index is 0.0678. The summed E-state index contributed by atoms with van der Waals surface area (Å²) >= 11 is 5.91. The number of ether oxygens (including phenoxy) is 1. The summed E-state index contributed by atoms with van der Waals surface area (Å²) in [5, 5.41) is 5.45. The lowest BCUT2D eigenvalue weighted by Crippen LogP contribution is -2.22. The molecular weight excluding hydrogens is 347 g/mol. The average Bonchev–Trinajstić information content (AvgIpc) is 2.59. The number of aromatic nitrogens is 2. The molecule has 0 unspecified atom stereocenters. The second-order valence-corrected chi connectivity index (χ2v) is 5.90. The Hall–Kier alpha value is -2.73. The van der Waals surface area contributed by atoms with Crippen LogP contribution in [0.5, 0.6) is 0 Å². The molecule has 0 aliphatic heterocycles. The SMILES string of the molecule is Cn1nc(CC(=O)OCc2ccc(F)cc2Cl)c2ccccc2c1=O. The monoisotopic (exact) mass is 360 g/mol.